The highest BCUT2D eigenvalue weighted by Gasteiger charge is 2.25. The molecule has 0 unspecified atom stereocenters. The Labute approximate surface area is 90.9 Å². The highest BCUT2D eigenvalue weighted by Crippen LogP contribution is 2.21. The summed E-state index contributed by atoms with van der Waals surface area (Å²) in [5.74, 6) is 0. The van der Waals surface area contributed by atoms with E-state index < -0.39 is 12.6 Å². The van der Waals surface area contributed by atoms with Crippen molar-refractivity contribution in [3.8, 4) is 6.07 Å². The van der Waals surface area contributed by atoms with Crippen molar-refractivity contribution in [2.24, 2.45) is 0 Å². The van der Waals surface area contributed by atoms with Crippen LogP contribution in [-0.2, 0) is 0 Å². The van der Waals surface area contributed by atoms with Crippen LogP contribution in [0, 0.1) is 11.3 Å². The van der Waals surface area contributed by atoms with Crippen molar-refractivity contribution in [3.05, 3.63) is 24.0 Å². The molecule has 0 fully saturated rings. The second-order valence-corrected chi connectivity index (χ2v) is 3.19. The number of anilines is 1. The average molecular weight is 229 g/mol. The Hall–Kier alpha value is -1.77. The van der Waals surface area contributed by atoms with Crippen LogP contribution in [0.5, 0.6) is 0 Å². The molecule has 86 valence electrons. The van der Waals surface area contributed by atoms with E-state index in [0.717, 1.165) is 0 Å². The van der Waals surface area contributed by atoms with E-state index in [1.807, 2.05) is 6.07 Å². The molecule has 1 rings (SSSR count). The number of nitrogens with zero attached hydrogens (tertiary/aromatic N) is 2. The van der Waals surface area contributed by atoms with Gasteiger partial charge in [0.25, 0.3) is 0 Å². The summed E-state index contributed by atoms with van der Waals surface area (Å²) in [7, 11) is 0. The molecule has 3 nitrogen and oxygen atoms in total. The predicted octanol–water partition coefficient (Wildman–Crippen LogP) is 2.71. The molecule has 0 saturated heterocycles. The van der Waals surface area contributed by atoms with Gasteiger partial charge in [0.05, 0.1) is 11.9 Å². The van der Waals surface area contributed by atoms with E-state index in [-0.39, 0.29) is 18.7 Å². The van der Waals surface area contributed by atoms with E-state index in [4.69, 9.17) is 5.26 Å². The molecule has 1 heterocycles. The van der Waals surface area contributed by atoms with E-state index in [0.29, 0.717) is 5.69 Å². The second kappa shape index (κ2) is 5.35. The van der Waals surface area contributed by atoms with Crippen molar-refractivity contribution in [2.45, 2.75) is 19.0 Å². The number of nitriles is 1. The molecule has 1 N–H and O–H groups in total. The molecule has 0 aliphatic rings. The van der Waals surface area contributed by atoms with E-state index >= 15 is 0 Å². The first kappa shape index (κ1) is 12.3. The van der Waals surface area contributed by atoms with Gasteiger partial charge in [0, 0.05) is 13.0 Å². The molecule has 0 saturated carbocycles. The van der Waals surface area contributed by atoms with Crippen LogP contribution in [-0.4, -0.2) is 17.7 Å². The molecule has 0 amide bonds. The Morgan fingerprint density at radius 2 is 2.12 bits per heavy atom. The number of hydrogen-bond donors (Lipinski definition) is 1. The fraction of sp³-hybridized carbons (Fsp3) is 0.400. The van der Waals surface area contributed by atoms with Crippen molar-refractivity contribution in [2.75, 3.05) is 11.9 Å². The molecule has 0 bridgehead atoms. The molecule has 0 aromatic carbocycles. The van der Waals surface area contributed by atoms with Crippen molar-refractivity contribution < 1.29 is 13.2 Å². The van der Waals surface area contributed by atoms with Gasteiger partial charge >= 0.3 is 6.18 Å². The zero-order chi connectivity index (χ0) is 12.0. The van der Waals surface area contributed by atoms with Gasteiger partial charge in [-0.3, -0.25) is 0 Å². The van der Waals surface area contributed by atoms with Gasteiger partial charge in [0.2, 0.25) is 0 Å². The van der Waals surface area contributed by atoms with E-state index in [9.17, 15) is 13.2 Å². The van der Waals surface area contributed by atoms with Crippen LogP contribution in [0.15, 0.2) is 18.3 Å². The number of pyridine rings is 1. The fourth-order valence-corrected chi connectivity index (χ4v) is 1.09. The van der Waals surface area contributed by atoms with Gasteiger partial charge < -0.3 is 5.32 Å². The van der Waals surface area contributed by atoms with Crippen LogP contribution in [0.3, 0.4) is 0 Å². The lowest BCUT2D eigenvalue weighted by atomic mass is 10.3. The average Bonchev–Trinajstić information content (AvgIpc) is 2.24. The Morgan fingerprint density at radius 1 is 1.38 bits per heavy atom. The van der Waals surface area contributed by atoms with Crippen LogP contribution < -0.4 is 5.32 Å². The standard InChI is InChI=1S/C10H10F3N3/c11-10(12,13)4-1-5-15-9-3-2-8(6-14)16-7-9/h2-3,7,15H,1,4-5H2. The summed E-state index contributed by atoms with van der Waals surface area (Å²) in [6.45, 7) is 0.229. The van der Waals surface area contributed by atoms with Gasteiger partial charge in [0.1, 0.15) is 11.8 Å². The van der Waals surface area contributed by atoms with Crippen molar-refractivity contribution in [1.29, 1.82) is 5.26 Å². The Bertz CT molecular complexity index is 364. The lowest BCUT2D eigenvalue weighted by molar-refractivity contribution is -0.134. The second-order valence-electron chi connectivity index (χ2n) is 3.19. The number of hydrogen-bond acceptors (Lipinski definition) is 3. The van der Waals surface area contributed by atoms with Crippen LogP contribution in [0.1, 0.15) is 18.5 Å². The first-order valence-electron chi connectivity index (χ1n) is 4.68. The smallest absolute Gasteiger partial charge is 0.384 e. The summed E-state index contributed by atoms with van der Waals surface area (Å²) in [6.07, 6.45) is -3.47. The fourth-order valence-electron chi connectivity index (χ4n) is 1.09. The number of alkyl halides is 3. The Balaban J connectivity index is 2.30. The molecule has 0 atom stereocenters. The number of rotatable bonds is 4. The lowest BCUT2D eigenvalue weighted by Gasteiger charge is -2.07. The van der Waals surface area contributed by atoms with Gasteiger partial charge in [-0.2, -0.15) is 18.4 Å². The zero-order valence-corrected chi connectivity index (χ0v) is 8.38. The topological polar surface area (TPSA) is 48.7 Å². The molecule has 1 aromatic heterocycles. The van der Waals surface area contributed by atoms with Gasteiger partial charge in [-0.25, -0.2) is 4.98 Å². The third-order valence-electron chi connectivity index (χ3n) is 1.84. The van der Waals surface area contributed by atoms with Gasteiger partial charge in [-0.1, -0.05) is 0 Å². The molecular formula is C10H10F3N3. The summed E-state index contributed by atoms with van der Waals surface area (Å²) >= 11 is 0. The van der Waals surface area contributed by atoms with E-state index in [1.165, 1.54) is 12.3 Å². The minimum atomic E-state index is -4.11. The molecule has 16 heavy (non-hydrogen) atoms. The zero-order valence-electron chi connectivity index (χ0n) is 8.38. The predicted molar refractivity (Wildman–Crippen MR) is 52.7 cm³/mol. The summed E-state index contributed by atoms with van der Waals surface area (Å²) < 4.78 is 35.4. The summed E-state index contributed by atoms with van der Waals surface area (Å²) in [5, 5.41) is 11.3. The third-order valence-corrected chi connectivity index (χ3v) is 1.84. The molecule has 1 aromatic rings. The van der Waals surface area contributed by atoms with Crippen LogP contribution in [0.2, 0.25) is 0 Å². The first-order valence-corrected chi connectivity index (χ1v) is 4.68. The lowest BCUT2D eigenvalue weighted by Crippen LogP contribution is -2.11. The normalized spacial score (nSPS) is 10.9. The maximum absolute atomic E-state index is 11.8. The minimum absolute atomic E-state index is 0.0174. The van der Waals surface area contributed by atoms with Crippen LogP contribution in [0.25, 0.3) is 0 Å². The Morgan fingerprint density at radius 3 is 2.62 bits per heavy atom. The summed E-state index contributed by atoms with van der Waals surface area (Å²) in [6, 6.07) is 4.97. The van der Waals surface area contributed by atoms with Gasteiger partial charge in [0.15, 0.2) is 0 Å². The minimum Gasteiger partial charge on any atom is -0.384 e. The van der Waals surface area contributed by atoms with Crippen LogP contribution >= 0.6 is 0 Å². The highest BCUT2D eigenvalue weighted by atomic mass is 19.4. The van der Waals surface area contributed by atoms with Crippen molar-refractivity contribution in [3.63, 3.8) is 0 Å². The first-order chi connectivity index (χ1) is 7.51. The van der Waals surface area contributed by atoms with E-state index in [1.54, 1.807) is 6.07 Å². The van der Waals surface area contributed by atoms with Gasteiger partial charge in [-0.05, 0) is 18.6 Å². The van der Waals surface area contributed by atoms with Gasteiger partial charge in [-0.15, -0.1) is 0 Å². The molecule has 0 spiro atoms. The molecule has 6 heteroatoms. The summed E-state index contributed by atoms with van der Waals surface area (Å²) in [5.41, 5.74) is 0.891. The molecule has 0 radical (unpaired) electrons. The third kappa shape index (κ3) is 4.64. The molecule has 0 aliphatic heterocycles. The van der Waals surface area contributed by atoms with Crippen molar-refractivity contribution >= 4 is 5.69 Å². The number of aromatic nitrogens is 1. The largest absolute Gasteiger partial charge is 0.389 e. The Kier molecular flexibility index (Phi) is 4.11. The maximum Gasteiger partial charge on any atom is 0.389 e. The number of nitrogens with one attached hydrogen (secondary N) is 1. The van der Waals surface area contributed by atoms with Crippen LogP contribution in [0.4, 0.5) is 18.9 Å². The molecular weight excluding hydrogens is 219 g/mol. The summed E-state index contributed by atoms with van der Waals surface area (Å²) in [4.78, 5) is 3.78. The molecule has 0 aliphatic carbocycles. The maximum atomic E-state index is 11.8. The SMILES string of the molecule is N#Cc1ccc(NCCCC(F)(F)F)cn1. The van der Waals surface area contributed by atoms with E-state index in [2.05, 4.69) is 10.3 Å². The quantitative estimate of drug-likeness (QED) is 0.807. The van der Waals surface area contributed by atoms with Crippen molar-refractivity contribution in [1.82, 2.24) is 4.98 Å². The highest BCUT2D eigenvalue weighted by molar-refractivity contribution is 5.42. The monoisotopic (exact) mass is 229 g/mol. The number of halogens is 3.